The zero-order chi connectivity index (χ0) is 14.8. The Balaban J connectivity index is 2.79. The minimum absolute atomic E-state index is 0.836. The molecule has 0 radical (unpaired) electrons. The van der Waals surface area contributed by atoms with Gasteiger partial charge in [0.2, 0.25) is 0 Å². The zero-order valence-electron chi connectivity index (χ0n) is 12.7. The molecule has 0 fully saturated rings. The molecule has 3 heteroatoms. The summed E-state index contributed by atoms with van der Waals surface area (Å²) in [6, 6.07) is 6.41. The summed E-state index contributed by atoms with van der Waals surface area (Å²) in [5.41, 5.74) is 2.43. The van der Waals surface area contributed by atoms with Crippen molar-refractivity contribution >= 4 is 0 Å². The first-order chi connectivity index (χ1) is 9.74. The van der Waals surface area contributed by atoms with Crippen LogP contribution in [0.25, 0.3) is 0 Å². The molecule has 1 aromatic rings. The van der Waals surface area contributed by atoms with E-state index < -0.39 is 0 Å². The van der Waals surface area contributed by atoms with E-state index in [2.05, 4.69) is 48.5 Å². The van der Waals surface area contributed by atoms with Crippen LogP contribution in [0, 0.1) is 0 Å². The number of methoxy groups -OCH3 is 1. The van der Waals surface area contributed by atoms with Gasteiger partial charge in [0.1, 0.15) is 5.75 Å². The number of ether oxygens (including phenoxy) is 1. The summed E-state index contributed by atoms with van der Waals surface area (Å²) in [5, 5.41) is 3.32. The minimum Gasteiger partial charge on any atom is -0.496 e. The highest BCUT2D eigenvalue weighted by molar-refractivity contribution is 5.37. The van der Waals surface area contributed by atoms with Crippen molar-refractivity contribution in [3.63, 3.8) is 0 Å². The molecule has 0 bridgehead atoms. The Hall–Kier alpha value is -1.58. The molecule has 0 aliphatic carbocycles. The molecular formula is C17H26N2O. The van der Waals surface area contributed by atoms with E-state index >= 15 is 0 Å². The maximum Gasteiger partial charge on any atom is 0.123 e. The van der Waals surface area contributed by atoms with Crippen molar-refractivity contribution in [3.05, 3.63) is 54.6 Å². The summed E-state index contributed by atoms with van der Waals surface area (Å²) < 4.78 is 5.49. The van der Waals surface area contributed by atoms with Gasteiger partial charge in [-0.25, -0.2) is 0 Å². The first-order valence-corrected chi connectivity index (χ1v) is 7.05. The summed E-state index contributed by atoms with van der Waals surface area (Å²) in [6.45, 7) is 14.1. The molecule has 0 atom stereocenters. The quantitative estimate of drug-likeness (QED) is 0.664. The standard InChI is InChI=1S/C17H26N2O/c1-5-10-19(11-6-2)14-15-8-9-16(13-18-7-3)17(12-15)20-4/h5-6,8-9,12,18H,1-2,7,10-11,13-14H2,3-4H3. The average Bonchev–Trinajstić information content (AvgIpc) is 2.46. The lowest BCUT2D eigenvalue weighted by Gasteiger charge is -2.19. The summed E-state index contributed by atoms with van der Waals surface area (Å²) in [4.78, 5) is 2.28. The van der Waals surface area contributed by atoms with Crippen LogP contribution in [0.5, 0.6) is 5.75 Å². The fraction of sp³-hybridized carbons (Fsp3) is 0.412. The van der Waals surface area contributed by atoms with Crippen molar-refractivity contribution in [2.45, 2.75) is 20.0 Å². The second kappa shape index (κ2) is 9.34. The van der Waals surface area contributed by atoms with E-state index in [4.69, 9.17) is 4.74 Å². The summed E-state index contributed by atoms with van der Waals surface area (Å²) in [5.74, 6) is 0.945. The maximum absolute atomic E-state index is 5.49. The molecule has 0 amide bonds. The molecule has 1 rings (SSSR count). The average molecular weight is 274 g/mol. The Labute approximate surface area is 122 Å². The van der Waals surface area contributed by atoms with Gasteiger partial charge in [-0.2, -0.15) is 0 Å². The molecule has 0 spiro atoms. The molecule has 0 saturated carbocycles. The zero-order valence-corrected chi connectivity index (χ0v) is 12.7. The molecule has 3 nitrogen and oxygen atoms in total. The normalized spacial score (nSPS) is 10.6. The highest BCUT2D eigenvalue weighted by Crippen LogP contribution is 2.21. The van der Waals surface area contributed by atoms with Crippen LogP contribution in [0.2, 0.25) is 0 Å². The third-order valence-corrected chi connectivity index (χ3v) is 3.10. The number of nitrogens with zero attached hydrogens (tertiary/aromatic N) is 1. The monoisotopic (exact) mass is 274 g/mol. The summed E-state index contributed by atoms with van der Waals surface area (Å²) in [7, 11) is 1.72. The first kappa shape index (κ1) is 16.5. The third kappa shape index (κ3) is 5.19. The number of nitrogens with one attached hydrogen (secondary N) is 1. The van der Waals surface area contributed by atoms with Crippen molar-refractivity contribution in [3.8, 4) is 5.75 Å². The van der Waals surface area contributed by atoms with E-state index in [0.29, 0.717) is 0 Å². The lowest BCUT2D eigenvalue weighted by Crippen LogP contribution is -2.23. The number of hydrogen-bond donors (Lipinski definition) is 1. The highest BCUT2D eigenvalue weighted by atomic mass is 16.5. The van der Waals surface area contributed by atoms with Crippen LogP contribution in [0.3, 0.4) is 0 Å². The summed E-state index contributed by atoms with van der Waals surface area (Å²) >= 11 is 0. The predicted octanol–water partition coefficient (Wildman–Crippen LogP) is 2.98. The van der Waals surface area contributed by atoms with Crippen LogP contribution in [0.4, 0.5) is 0 Å². The van der Waals surface area contributed by atoms with Gasteiger partial charge < -0.3 is 10.1 Å². The number of hydrogen-bond acceptors (Lipinski definition) is 3. The second-order valence-corrected chi connectivity index (χ2v) is 4.70. The van der Waals surface area contributed by atoms with Gasteiger partial charge in [0.05, 0.1) is 7.11 Å². The van der Waals surface area contributed by atoms with Crippen LogP contribution >= 0.6 is 0 Å². The molecule has 0 heterocycles. The number of benzene rings is 1. The Kier molecular flexibility index (Phi) is 7.70. The van der Waals surface area contributed by atoms with E-state index in [0.717, 1.165) is 38.5 Å². The van der Waals surface area contributed by atoms with Crippen molar-refractivity contribution in [2.75, 3.05) is 26.7 Å². The minimum atomic E-state index is 0.836. The first-order valence-electron chi connectivity index (χ1n) is 7.05. The second-order valence-electron chi connectivity index (χ2n) is 4.70. The molecule has 0 aliphatic heterocycles. The van der Waals surface area contributed by atoms with E-state index in [1.165, 1.54) is 11.1 Å². The molecule has 0 aromatic heterocycles. The van der Waals surface area contributed by atoms with Crippen LogP contribution in [-0.4, -0.2) is 31.6 Å². The van der Waals surface area contributed by atoms with E-state index in [1.54, 1.807) is 7.11 Å². The lowest BCUT2D eigenvalue weighted by atomic mass is 10.1. The Morgan fingerprint density at radius 3 is 2.50 bits per heavy atom. The topological polar surface area (TPSA) is 24.5 Å². The van der Waals surface area contributed by atoms with Gasteiger partial charge in [0.15, 0.2) is 0 Å². The molecule has 0 unspecified atom stereocenters. The van der Waals surface area contributed by atoms with Gasteiger partial charge in [-0.3, -0.25) is 4.90 Å². The Morgan fingerprint density at radius 2 is 1.95 bits per heavy atom. The van der Waals surface area contributed by atoms with Crippen LogP contribution < -0.4 is 10.1 Å². The Bertz CT molecular complexity index is 419. The molecule has 0 aliphatic rings. The maximum atomic E-state index is 5.49. The molecule has 1 aromatic carbocycles. The van der Waals surface area contributed by atoms with Gasteiger partial charge in [-0.05, 0) is 18.2 Å². The van der Waals surface area contributed by atoms with Crippen LogP contribution in [0.1, 0.15) is 18.1 Å². The van der Waals surface area contributed by atoms with Crippen molar-refractivity contribution in [1.82, 2.24) is 10.2 Å². The molecular weight excluding hydrogens is 248 g/mol. The van der Waals surface area contributed by atoms with Gasteiger partial charge in [0, 0.05) is 31.7 Å². The van der Waals surface area contributed by atoms with Crippen molar-refractivity contribution < 1.29 is 4.74 Å². The van der Waals surface area contributed by atoms with Gasteiger partial charge >= 0.3 is 0 Å². The third-order valence-electron chi connectivity index (χ3n) is 3.10. The van der Waals surface area contributed by atoms with E-state index in [1.807, 2.05) is 12.2 Å². The lowest BCUT2D eigenvalue weighted by molar-refractivity contribution is 0.326. The SMILES string of the molecule is C=CCN(CC=C)Cc1ccc(CNCC)c(OC)c1. The molecule has 110 valence electrons. The fourth-order valence-electron chi connectivity index (χ4n) is 2.12. The predicted molar refractivity (Wildman–Crippen MR) is 86.0 cm³/mol. The van der Waals surface area contributed by atoms with Crippen molar-refractivity contribution in [2.24, 2.45) is 0 Å². The molecule has 0 saturated heterocycles. The van der Waals surface area contributed by atoms with Crippen LogP contribution in [-0.2, 0) is 13.1 Å². The molecule has 20 heavy (non-hydrogen) atoms. The van der Waals surface area contributed by atoms with E-state index in [9.17, 15) is 0 Å². The van der Waals surface area contributed by atoms with Gasteiger partial charge in [0.25, 0.3) is 0 Å². The summed E-state index contributed by atoms with van der Waals surface area (Å²) in [6.07, 6.45) is 3.83. The van der Waals surface area contributed by atoms with Gasteiger partial charge in [-0.1, -0.05) is 31.2 Å². The Morgan fingerprint density at radius 1 is 1.25 bits per heavy atom. The largest absolute Gasteiger partial charge is 0.496 e. The van der Waals surface area contributed by atoms with E-state index in [-0.39, 0.29) is 0 Å². The van der Waals surface area contributed by atoms with Crippen molar-refractivity contribution in [1.29, 1.82) is 0 Å². The fourth-order valence-corrected chi connectivity index (χ4v) is 2.12. The molecule has 1 N–H and O–H groups in total. The van der Waals surface area contributed by atoms with Crippen LogP contribution in [0.15, 0.2) is 43.5 Å². The smallest absolute Gasteiger partial charge is 0.123 e. The number of rotatable bonds is 10. The highest BCUT2D eigenvalue weighted by Gasteiger charge is 2.07. The van der Waals surface area contributed by atoms with Gasteiger partial charge in [-0.15, -0.1) is 13.2 Å².